The Morgan fingerprint density at radius 3 is 2.22 bits per heavy atom. The number of aryl methyl sites for hydroxylation is 1. The molecule has 3 nitrogen and oxygen atoms in total. The Kier molecular flexibility index (Phi) is 4.86. The fourth-order valence-electron chi connectivity index (χ4n) is 6.59. The number of piperazine rings is 1. The first-order chi connectivity index (χ1) is 13.1. The third kappa shape index (κ3) is 3.49. The standard InChI is InChI=1S/C22H30ClN3S/c1-14-2-3-19(13-20(14)23)24-22(27)26-6-4-25(5-7-26)21-17-9-15-8-16(11-17)12-18(21)10-15/h2-3,13,15-18,21H,4-12H2,1H3,(H,24,27). The predicted octanol–water partition coefficient (Wildman–Crippen LogP) is 4.79. The fraction of sp³-hybridized carbons (Fsp3) is 0.682. The summed E-state index contributed by atoms with van der Waals surface area (Å²) in [7, 11) is 0. The van der Waals surface area contributed by atoms with Crippen molar-refractivity contribution in [1.29, 1.82) is 0 Å². The van der Waals surface area contributed by atoms with Gasteiger partial charge in [0.25, 0.3) is 0 Å². The molecule has 146 valence electrons. The highest BCUT2D eigenvalue weighted by Gasteiger charge is 2.50. The second-order valence-electron chi connectivity index (χ2n) is 9.34. The van der Waals surface area contributed by atoms with E-state index in [-0.39, 0.29) is 0 Å². The second-order valence-corrected chi connectivity index (χ2v) is 10.1. The molecular weight excluding hydrogens is 374 g/mol. The molecule has 1 aromatic carbocycles. The van der Waals surface area contributed by atoms with Gasteiger partial charge in [0, 0.05) is 42.9 Å². The molecule has 1 saturated heterocycles. The number of nitrogens with one attached hydrogen (secondary N) is 1. The zero-order valence-corrected chi connectivity index (χ0v) is 17.7. The molecule has 27 heavy (non-hydrogen) atoms. The summed E-state index contributed by atoms with van der Waals surface area (Å²) in [5.74, 6) is 4.08. The molecule has 4 aliphatic carbocycles. The van der Waals surface area contributed by atoms with E-state index < -0.39 is 0 Å². The SMILES string of the molecule is Cc1ccc(NC(=S)N2CCN(C3C4CC5CC(C4)CC3C5)CC2)cc1Cl. The highest BCUT2D eigenvalue weighted by atomic mass is 35.5. The molecule has 5 fully saturated rings. The molecule has 0 atom stereocenters. The molecule has 0 amide bonds. The molecular formula is C22H30ClN3S. The number of hydrogen-bond donors (Lipinski definition) is 1. The smallest absolute Gasteiger partial charge is 0.173 e. The molecule has 4 saturated carbocycles. The lowest BCUT2D eigenvalue weighted by atomic mass is 9.54. The van der Waals surface area contributed by atoms with Crippen molar-refractivity contribution in [2.24, 2.45) is 23.7 Å². The summed E-state index contributed by atoms with van der Waals surface area (Å²) >= 11 is 11.9. The van der Waals surface area contributed by atoms with Crippen LogP contribution in [0.2, 0.25) is 5.02 Å². The molecule has 0 unspecified atom stereocenters. The third-order valence-corrected chi connectivity index (χ3v) is 8.39. The van der Waals surface area contributed by atoms with Crippen molar-refractivity contribution in [1.82, 2.24) is 9.80 Å². The van der Waals surface area contributed by atoms with E-state index in [2.05, 4.69) is 21.2 Å². The van der Waals surface area contributed by atoms with Crippen LogP contribution in [0.5, 0.6) is 0 Å². The van der Waals surface area contributed by atoms with Crippen molar-refractivity contribution >= 4 is 34.6 Å². The maximum absolute atomic E-state index is 6.24. The Labute approximate surface area is 173 Å². The van der Waals surface area contributed by atoms with Crippen LogP contribution >= 0.6 is 23.8 Å². The van der Waals surface area contributed by atoms with Gasteiger partial charge in [-0.2, -0.15) is 0 Å². The molecule has 0 spiro atoms. The predicted molar refractivity (Wildman–Crippen MR) is 116 cm³/mol. The molecule has 1 N–H and O–H groups in total. The molecule has 0 aromatic heterocycles. The average molecular weight is 404 g/mol. The van der Waals surface area contributed by atoms with Gasteiger partial charge in [0.2, 0.25) is 0 Å². The summed E-state index contributed by atoms with van der Waals surface area (Å²) in [6.07, 6.45) is 7.56. The van der Waals surface area contributed by atoms with Gasteiger partial charge in [-0.15, -0.1) is 0 Å². The number of halogens is 1. The monoisotopic (exact) mass is 403 g/mol. The molecule has 5 aliphatic rings. The van der Waals surface area contributed by atoms with Gasteiger partial charge < -0.3 is 10.2 Å². The molecule has 1 heterocycles. The molecule has 1 aromatic rings. The lowest BCUT2D eigenvalue weighted by molar-refractivity contribution is -0.0726. The van der Waals surface area contributed by atoms with E-state index in [0.717, 1.165) is 77.3 Å². The quantitative estimate of drug-likeness (QED) is 0.715. The van der Waals surface area contributed by atoms with E-state index in [0.29, 0.717) is 0 Å². The Bertz CT molecular complexity index is 700. The molecule has 0 radical (unpaired) electrons. The lowest BCUT2D eigenvalue weighted by Crippen LogP contribution is -2.60. The van der Waals surface area contributed by atoms with Crippen molar-refractivity contribution in [3.05, 3.63) is 28.8 Å². The maximum atomic E-state index is 6.24. The Hall–Kier alpha value is -0.840. The van der Waals surface area contributed by atoms with Crippen molar-refractivity contribution in [3.63, 3.8) is 0 Å². The van der Waals surface area contributed by atoms with E-state index in [1.807, 2.05) is 19.1 Å². The normalized spacial score (nSPS) is 35.5. The third-order valence-electron chi connectivity index (χ3n) is 7.62. The van der Waals surface area contributed by atoms with Gasteiger partial charge in [-0.3, -0.25) is 4.90 Å². The Balaban J connectivity index is 1.18. The van der Waals surface area contributed by atoms with E-state index in [1.54, 1.807) is 0 Å². The minimum atomic E-state index is 0.787. The minimum absolute atomic E-state index is 0.787. The largest absolute Gasteiger partial charge is 0.346 e. The topological polar surface area (TPSA) is 18.5 Å². The van der Waals surface area contributed by atoms with Gasteiger partial charge in [-0.25, -0.2) is 0 Å². The fourth-order valence-corrected chi connectivity index (χ4v) is 7.07. The van der Waals surface area contributed by atoms with Crippen LogP contribution in [0.4, 0.5) is 5.69 Å². The summed E-state index contributed by atoms with van der Waals surface area (Å²) in [5, 5.41) is 5.00. The van der Waals surface area contributed by atoms with Gasteiger partial charge in [-0.1, -0.05) is 17.7 Å². The van der Waals surface area contributed by atoms with Gasteiger partial charge in [0.05, 0.1) is 0 Å². The number of rotatable bonds is 2. The molecule has 4 bridgehead atoms. The van der Waals surface area contributed by atoms with E-state index in [9.17, 15) is 0 Å². The van der Waals surface area contributed by atoms with E-state index >= 15 is 0 Å². The van der Waals surface area contributed by atoms with E-state index in [1.165, 1.54) is 32.1 Å². The van der Waals surface area contributed by atoms with Gasteiger partial charge in [-0.05, 0) is 92.6 Å². The first kappa shape index (κ1) is 18.2. The first-order valence-electron chi connectivity index (χ1n) is 10.6. The summed E-state index contributed by atoms with van der Waals surface area (Å²) < 4.78 is 0. The van der Waals surface area contributed by atoms with Crippen LogP contribution in [0.1, 0.15) is 37.7 Å². The van der Waals surface area contributed by atoms with Crippen molar-refractivity contribution in [2.45, 2.75) is 45.1 Å². The Morgan fingerprint density at radius 2 is 1.63 bits per heavy atom. The average Bonchev–Trinajstić information content (AvgIpc) is 2.64. The summed E-state index contributed by atoms with van der Waals surface area (Å²) in [6.45, 7) is 6.41. The number of hydrogen-bond acceptors (Lipinski definition) is 2. The van der Waals surface area contributed by atoms with Crippen LogP contribution in [0, 0.1) is 30.6 Å². The molecule has 5 heteroatoms. The van der Waals surface area contributed by atoms with Gasteiger partial charge in [0.15, 0.2) is 5.11 Å². The summed E-state index contributed by atoms with van der Waals surface area (Å²) in [4.78, 5) is 5.14. The van der Waals surface area contributed by atoms with Crippen LogP contribution in [0.25, 0.3) is 0 Å². The first-order valence-corrected chi connectivity index (χ1v) is 11.4. The number of nitrogens with zero attached hydrogens (tertiary/aromatic N) is 2. The van der Waals surface area contributed by atoms with E-state index in [4.69, 9.17) is 23.8 Å². The van der Waals surface area contributed by atoms with Crippen LogP contribution in [-0.4, -0.2) is 47.1 Å². The highest BCUT2D eigenvalue weighted by molar-refractivity contribution is 7.80. The van der Waals surface area contributed by atoms with Gasteiger partial charge in [0.1, 0.15) is 0 Å². The van der Waals surface area contributed by atoms with Crippen molar-refractivity contribution < 1.29 is 0 Å². The maximum Gasteiger partial charge on any atom is 0.173 e. The number of anilines is 1. The second kappa shape index (κ2) is 7.20. The lowest BCUT2D eigenvalue weighted by Gasteiger charge is -2.58. The van der Waals surface area contributed by atoms with Gasteiger partial charge >= 0.3 is 0 Å². The highest BCUT2D eigenvalue weighted by Crippen LogP contribution is 2.55. The van der Waals surface area contributed by atoms with Crippen LogP contribution in [0.3, 0.4) is 0 Å². The van der Waals surface area contributed by atoms with Crippen molar-refractivity contribution in [3.8, 4) is 0 Å². The number of thiocarbonyl (C=S) groups is 1. The summed E-state index contributed by atoms with van der Waals surface area (Å²) in [6, 6.07) is 6.92. The van der Waals surface area contributed by atoms with Crippen LogP contribution < -0.4 is 5.32 Å². The van der Waals surface area contributed by atoms with Crippen LogP contribution in [0.15, 0.2) is 18.2 Å². The number of benzene rings is 1. The Morgan fingerprint density at radius 1 is 1.00 bits per heavy atom. The zero-order valence-electron chi connectivity index (χ0n) is 16.2. The van der Waals surface area contributed by atoms with Crippen LogP contribution in [-0.2, 0) is 0 Å². The molecule has 1 aliphatic heterocycles. The summed E-state index contributed by atoms with van der Waals surface area (Å²) in [5.41, 5.74) is 2.08. The molecule has 6 rings (SSSR count). The minimum Gasteiger partial charge on any atom is -0.346 e. The van der Waals surface area contributed by atoms with Crippen molar-refractivity contribution in [2.75, 3.05) is 31.5 Å². The zero-order chi connectivity index (χ0) is 18.5.